The zero-order valence-corrected chi connectivity index (χ0v) is 24.9. The van der Waals surface area contributed by atoms with E-state index in [1.165, 1.54) is 53.6 Å². The number of hydrogen-bond donors (Lipinski definition) is 0. The van der Waals surface area contributed by atoms with Gasteiger partial charge in [-0.3, -0.25) is 0 Å². The van der Waals surface area contributed by atoms with Crippen molar-refractivity contribution in [3.63, 3.8) is 0 Å². The first-order chi connectivity index (χ1) is 21.8. The van der Waals surface area contributed by atoms with E-state index in [-0.39, 0.29) is 0 Å². The third-order valence-electron chi connectivity index (χ3n) is 8.28. The summed E-state index contributed by atoms with van der Waals surface area (Å²) in [6.45, 7) is 0. The molecular weight excluding hydrogens is 551 g/mol. The number of anilines is 3. The summed E-state index contributed by atoms with van der Waals surface area (Å²) in [6, 6.07) is 63.3. The molecule has 0 atom stereocenters. The maximum Gasteiger partial charge on any atom is 0.0467 e. The maximum atomic E-state index is 2.36. The summed E-state index contributed by atoms with van der Waals surface area (Å²) in [6.07, 6.45) is 0. The Morgan fingerprint density at radius 2 is 0.841 bits per heavy atom. The van der Waals surface area contributed by atoms with Crippen LogP contribution in [0.4, 0.5) is 17.1 Å². The quantitative estimate of drug-likeness (QED) is 0.189. The van der Waals surface area contributed by atoms with E-state index in [0.717, 1.165) is 17.1 Å². The molecule has 8 rings (SSSR count). The van der Waals surface area contributed by atoms with Crippen molar-refractivity contribution < 1.29 is 0 Å². The first-order valence-electron chi connectivity index (χ1n) is 14.9. The van der Waals surface area contributed by atoms with Crippen LogP contribution in [0.2, 0.25) is 0 Å². The molecule has 208 valence electrons. The lowest BCUT2D eigenvalue weighted by molar-refractivity contribution is 1.28. The molecule has 2 heteroatoms. The Bertz CT molecular complexity index is 2110. The fraction of sp³-hybridized carbons (Fsp3) is 0. The lowest BCUT2D eigenvalue weighted by Crippen LogP contribution is -2.10. The van der Waals surface area contributed by atoms with Crippen molar-refractivity contribution in [2.24, 2.45) is 0 Å². The monoisotopic (exact) mass is 579 g/mol. The fourth-order valence-corrected chi connectivity index (χ4v) is 7.34. The van der Waals surface area contributed by atoms with Crippen LogP contribution in [0.3, 0.4) is 0 Å². The molecule has 1 nitrogen and oxygen atoms in total. The van der Waals surface area contributed by atoms with Gasteiger partial charge in [-0.15, -0.1) is 11.3 Å². The molecule has 8 aromatic rings. The molecule has 44 heavy (non-hydrogen) atoms. The average molecular weight is 580 g/mol. The zero-order chi connectivity index (χ0) is 29.3. The van der Waals surface area contributed by atoms with Gasteiger partial charge in [0.1, 0.15) is 0 Å². The summed E-state index contributed by atoms with van der Waals surface area (Å²) in [7, 11) is 0. The number of fused-ring (bicyclic) bond motifs is 3. The molecule has 0 radical (unpaired) electrons. The second kappa shape index (κ2) is 11.3. The normalized spacial score (nSPS) is 11.2. The fourth-order valence-electron chi connectivity index (χ4n) is 6.10. The van der Waals surface area contributed by atoms with Gasteiger partial charge in [0, 0.05) is 37.2 Å². The van der Waals surface area contributed by atoms with E-state index in [1.54, 1.807) is 0 Å². The van der Waals surface area contributed by atoms with Gasteiger partial charge >= 0.3 is 0 Å². The third kappa shape index (κ3) is 4.86. The molecule has 0 aliphatic carbocycles. The van der Waals surface area contributed by atoms with Gasteiger partial charge in [-0.2, -0.15) is 0 Å². The summed E-state index contributed by atoms with van der Waals surface area (Å²) in [4.78, 5) is 2.36. The number of rotatable bonds is 6. The van der Waals surface area contributed by atoms with Crippen LogP contribution in [0, 0.1) is 0 Å². The Balaban J connectivity index is 1.24. The predicted octanol–water partition coefficient (Wildman–Crippen LogP) is 12.5. The standard InChI is InChI=1S/C42H29NS/c1-3-11-30(12-4-1)32-21-25-35(26-22-32)43(36-27-23-33(24-28-36)31-13-5-2-6-14-31)37-16-9-15-34(29-37)38-18-10-19-40-39-17-7-8-20-41(39)44-42(38)40/h1-29H. The van der Waals surface area contributed by atoms with Gasteiger partial charge in [0.2, 0.25) is 0 Å². The number of nitrogens with zero attached hydrogens (tertiary/aromatic N) is 1. The molecule has 1 aromatic heterocycles. The van der Waals surface area contributed by atoms with Crippen LogP contribution >= 0.6 is 11.3 Å². The SMILES string of the molecule is c1ccc(-c2ccc(N(c3ccc(-c4ccccc4)cc3)c3cccc(-c4cccc5c4sc4ccccc45)c3)cc2)cc1. The number of hydrogen-bond acceptors (Lipinski definition) is 2. The van der Waals surface area contributed by atoms with Crippen LogP contribution in [0.5, 0.6) is 0 Å². The van der Waals surface area contributed by atoms with Gasteiger partial charge in [-0.25, -0.2) is 0 Å². The van der Waals surface area contributed by atoms with Crippen molar-refractivity contribution in [1.82, 2.24) is 0 Å². The molecule has 0 unspecified atom stereocenters. The van der Waals surface area contributed by atoms with Crippen molar-refractivity contribution in [1.29, 1.82) is 0 Å². The number of thiophene rings is 1. The molecule has 0 fully saturated rings. The Labute approximate surface area is 261 Å². The first kappa shape index (κ1) is 26.2. The van der Waals surface area contributed by atoms with Gasteiger partial charge in [0.15, 0.2) is 0 Å². The third-order valence-corrected chi connectivity index (χ3v) is 9.50. The highest BCUT2D eigenvalue weighted by atomic mass is 32.1. The second-order valence-corrected chi connectivity index (χ2v) is 12.0. The summed E-state index contributed by atoms with van der Waals surface area (Å²) >= 11 is 1.88. The molecule has 1 heterocycles. The van der Waals surface area contributed by atoms with Crippen molar-refractivity contribution >= 4 is 48.6 Å². The highest BCUT2D eigenvalue weighted by Crippen LogP contribution is 2.42. The van der Waals surface area contributed by atoms with E-state index >= 15 is 0 Å². The Hall–Kier alpha value is -5.44. The topological polar surface area (TPSA) is 3.24 Å². The molecule has 0 aliphatic heterocycles. The smallest absolute Gasteiger partial charge is 0.0467 e. The zero-order valence-electron chi connectivity index (χ0n) is 24.1. The Morgan fingerprint density at radius 1 is 0.341 bits per heavy atom. The minimum atomic E-state index is 1.12. The van der Waals surface area contributed by atoms with Crippen LogP contribution in [-0.2, 0) is 0 Å². The van der Waals surface area contributed by atoms with Gasteiger partial charge in [0.25, 0.3) is 0 Å². The molecular formula is C42H29NS. The summed E-state index contributed by atoms with van der Waals surface area (Å²) in [5.41, 5.74) is 10.7. The maximum absolute atomic E-state index is 2.36. The molecule has 0 spiro atoms. The van der Waals surface area contributed by atoms with Crippen LogP contribution in [0.15, 0.2) is 176 Å². The largest absolute Gasteiger partial charge is 0.310 e. The van der Waals surface area contributed by atoms with Crippen LogP contribution in [0.1, 0.15) is 0 Å². The van der Waals surface area contributed by atoms with Crippen molar-refractivity contribution in [2.75, 3.05) is 4.90 Å². The van der Waals surface area contributed by atoms with E-state index in [4.69, 9.17) is 0 Å². The highest BCUT2D eigenvalue weighted by molar-refractivity contribution is 7.26. The van der Waals surface area contributed by atoms with Gasteiger partial charge in [-0.1, -0.05) is 133 Å². The molecule has 0 saturated carbocycles. The van der Waals surface area contributed by atoms with E-state index in [0.29, 0.717) is 0 Å². The summed E-state index contributed by atoms with van der Waals surface area (Å²) < 4.78 is 2.65. The summed E-state index contributed by atoms with van der Waals surface area (Å²) in [5, 5.41) is 2.64. The second-order valence-electron chi connectivity index (χ2n) is 11.0. The van der Waals surface area contributed by atoms with Gasteiger partial charge in [0.05, 0.1) is 0 Å². The van der Waals surface area contributed by atoms with Crippen LogP contribution < -0.4 is 4.90 Å². The molecule has 0 N–H and O–H groups in total. The lowest BCUT2D eigenvalue weighted by Gasteiger charge is -2.26. The van der Waals surface area contributed by atoms with Gasteiger partial charge < -0.3 is 4.90 Å². The molecule has 0 aliphatic rings. The Kier molecular flexibility index (Phi) is 6.75. The lowest BCUT2D eigenvalue weighted by atomic mass is 10.0. The van der Waals surface area contributed by atoms with Crippen LogP contribution in [-0.4, -0.2) is 0 Å². The molecule has 0 saturated heterocycles. The van der Waals surface area contributed by atoms with Crippen LogP contribution in [0.25, 0.3) is 53.6 Å². The minimum absolute atomic E-state index is 1.12. The summed E-state index contributed by atoms with van der Waals surface area (Å²) in [5.74, 6) is 0. The van der Waals surface area contributed by atoms with E-state index < -0.39 is 0 Å². The van der Waals surface area contributed by atoms with E-state index in [1.807, 2.05) is 11.3 Å². The molecule has 7 aromatic carbocycles. The Morgan fingerprint density at radius 3 is 1.48 bits per heavy atom. The molecule has 0 amide bonds. The van der Waals surface area contributed by atoms with Crippen molar-refractivity contribution in [3.8, 4) is 33.4 Å². The first-order valence-corrected chi connectivity index (χ1v) is 15.8. The van der Waals surface area contributed by atoms with Crippen molar-refractivity contribution in [3.05, 3.63) is 176 Å². The van der Waals surface area contributed by atoms with E-state index in [2.05, 4.69) is 181 Å². The highest BCUT2D eigenvalue weighted by Gasteiger charge is 2.16. The molecule has 0 bridgehead atoms. The van der Waals surface area contributed by atoms with Crippen molar-refractivity contribution in [2.45, 2.75) is 0 Å². The van der Waals surface area contributed by atoms with Gasteiger partial charge in [-0.05, 0) is 75.8 Å². The minimum Gasteiger partial charge on any atom is -0.310 e. The predicted molar refractivity (Wildman–Crippen MR) is 190 cm³/mol. The number of benzene rings is 7. The van der Waals surface area contributed by atoms with E-state index in [9.17, 15) is 0 Å². The average Bonchev–Trinajstić information content (AvgIpc) is 3.49.